The van der Waals surface area contributed by atoms with Crippen molar-refractivity contribution in [1.82, 2.24) is 9.80 Å². The maximum Gasteiger partial charge on any atom is 0.240 e. The molecule has 1 aromatic rings. The quantitative estimate of drug-likeness (QED) is 0.655. The molecule has 0 bridgehead atoms. The average molecular weight is 427 g/mol. The zero-order valence-corrected chi connectivity index (χ0v) is 18.6. The van der Waals surface area contributed by atoms with Crippen LogP contribution in [-0.4, -0.2) is 60.4 Å². The van der Waals surface area contributed by atoms with Crippen LogP contribution in [0.4, 0.5) is 0 Å². The zero-order chi connectivity index (χ0) is 21.8. The Hall–Kier alpha value is -2.21. The molecule has 0 unspecified atom stereocenters. The highest BCUT2D eigenvalue weighted by molar-refractivity contribution is 6.10. The molecular weight excluding hydrogens is 392 g/mol. The number of benzene rings is 1. The van der Waals surface area contributed by atoms with Gasteiger partial charge in [0.2, 0.25) is 17.7 Å². The van der Waals surface area contributed by atoms with Crippen LogP contribution in [0.15, 0.2) is 30.3 Å². The summed E-state index contributed by atoms with van der Waals surface area (Å²) < 4.78 is 5.47. The monoisotopic (exact) mass is 426 g/mol. The van der Waals surface area contributed by atoms with Gasteiger partial charge in [-0.2, -0.15) is 0 Å². The van der Waals surface area contributed by atoms with E-state index >= 15 is 0 Å². The van der Waals surface area contributed by atoms with Crippen molar-refractivity contribution in [1.29, 1.82) is 0 Å². The number of rotatable bonds is 6. The molecule has 6 heteroatoms. The Morgan fingerprint density at radius 1 is 1.06 bits per heavy atom. The molecule has 168 valence electrons. The molecule has 4 rings (SSSR count). The predicted molar refractivity (Wildman–Crippen MR) is 117 cm³/mol. The minimum atomic E-state index is -1.09. The van der Waals surface area contributed by atoms with Gasteiger partial charge in [-0.15, -0.1) is 0 Å². The van der Waals surface area contributed by atoms with Crippen molar-refractivity contribution < 1.29 is 19.1 Å². The highest BCUT2D eigenvalue weighted by Gasteiger charge is 2.54. The standard InChI is InChI=1S/C25H34N2O4/c1-31-21-13-8-14-26(18-21)22(28)15-25(20-11-6-3-7-12-20)16-23(29)27(24(25)30)17-19-9-4-2-5-10-19/h3,6-7,11-12,19,21H,2,4-5,8-10,13-18H2,1H3/t21-,25+/m0/s1. The molecule has 1 aromatic carbocycles. The number of carbonyl (C=O) groups excluding carboxylic acids is 3. The normalized spacial score (nSPS) is 27.7. The van der Waals surface area contributed by atoms with Gasteiger partial charge in [0.25, 0.3) is 0 Å². The van der Waals surface area contributed by atoms with Crippen LogP contribution in [0.3, 0.4) is 0 Å². The first-order chi connectivity index (χ1) is 15.0. The second kappa shape index (κ2) is 9.51. The Morgan fingerprint density at radius 2 is 1.81 bits per heavy atom. The molecule has 3 fully saturated rings. The molecule has 31 heavy (non-hydrogen) atoms. The summed E-state index contributed by atoms with van der Waals surface area (Å²) in [4.78, 5) is 43.4. The number of piperidine rings is 1. The van der Waals surface area contributed by atoms with Crippen LogP contribution in [0.25, 0.3) is 0 Å². The molecule has 2 saturated heterocycles. The first kappa shape index (κ1) is 22.0. The fourth-order valence-electron chi connectivity index (χ4n) is 5.56. The van der Waals surface area contributed by atoms with Crippen LogP contribution in [0.1, 0.15) is 63.4 Å². The first-order valence-corrected chi connectivity index (χ1v) is 11.7. The van der Waals surface area contributed by atoms with Gasteiger partial charge in [0.15, 0.2) is 0 Å². The second-order valence-electron chi connectivity index (χ2n) is 9.45. The number of amides is 3. The van der Waals surface area contributed by atoms with Crippen LogP contribution in [0, 0.1) is 5.92 Å². The SMILES string of the molecule is CO[C@H]1CCCN(C(=O)C[C@]2(c3ccccc3)CC(=O)N(CC3CCCCC3)C2=O)C1. The van der Waals surface area contributed by atoms with Crippen molar-refractivity contribution in [2.24, 2.45) is 5.92 Å². The Balaban J connectivity index is 1.58. The summed E-state index contributed by atoms with van der Waals surface area (Å²) in [5, 5.41) is 0. The smallest absolute Gasteiger partial charge is 0.240 e. The second-order valence-corrected chi connectivity index (χ2v) is 9.45. The van der Waals surface area contributed by atoms with E-state index < -0.39 is 5.41 Å². The van der Waals surface area contributed by atoms with Crippen LogP contribution in [0.2, 0.25) is 0 Å². The number of nitrogens with zero attached hydrogens (tertiary/aromatic N) is 2. The van der Waals surface area contributed by atoms with Crippen LogP contribution in [-0.2, 0) is 24.5 Å². The van der Waals surface area contributed by atoms with Gasteiger partial charge in [0.1, 0.15) is 0 Å². The lowest BCUT2D eigenvalue weighted by atomic mass is 9.75. The van der Waals surface area contributed by atoms with Gasteiger partial charge in [-0.25, -0.2) is 0 Å². The maximum absolute atomic E-state index is 13.8. The zero-order valence-electron chi connectivity index (χ0n) is 18.6. The largest absolute Gasteiger partial charge is 0.380 e. The molecule has 0 spiro atoms. The molecule has 3 aliphatic rings. The number of carbonyl (C=O) groups is 3. The summed E-state index contributed by atoms with van der Waals surface area (Å²) in [6, 6.07) is 9.43. The van der Waals surface area contributed by atoms with Gasteiger partial charge in [-0.05, 0) is 37.2 Å². The van der Waals surface area contributed by atoms with E-state index in [4.69, 9.17) is 4.74 Å². The average Bonchev–Trinajstić information content (AvgIpc) is 3.05. The summed E-state index contributed by atoms with van der Waals surface area (Å²) in [5.41, 5.74) is -0.322. The summed E-state index contributed by atoms with van der Waals surface area (Å²) in [5.74, 6) is -0.0108. The molecule has 2 heterocycles. The van der Waals surface area contributed by atoms with Crippen LogP contribution >= 0.6 is 0 Å². The minimum Gasteiger partial charge on any atom is -0.380 e. The first-order valence-electron chi connectivity index (χ1n) is 11.7. The van der Waals surface area contributed by atoms with Gasteiger partial charge in [0, 0.05) is 39.6 Å². The molecular formula is C25H34N2O4. The van der Waals surface area contributed by atoms with Crippen molar-refractivity contribution in [2.45, 2.75) is 69.3 Å². The topological polar surface area (TPSA) is 66.9 Å². The molecule has 6 nitrogen and oxygen atoms in total. The maximum atomic E-state index is 13.8. The van der Waals surface area contributed by atoms with E-state index in [2.05, 4.69) is 0 Å². The lowest BCUT2D eigenvalue weighted by molar-refractivity contribution is -0.144. The van der Waals surface area contributed by atoms with Gasteiger partial charge >= 0.3 is 0 Å². The van der Waals surface area contributed by atoms with Crippen molar-refractivity contribution in [3.63, 3.8) is 0 Å². The third-order valence-corrected chi connectivity index (χ3v) is 7.42. The van der Waals surface area contributed by atoms with E-state index in [0.717, 1.165) is 31.2 Å². The van der Waals surface area contributed by atoms with Gasteiger partial charge in [-0.3, -0.25) is 19.3 Å². The molecule has 3 amide bonds. The fourth-order valence-corrected chi connectivity index (χ4v) is 5.56. The molecule has 1 saturated carbocycles. The predicted octanol–water partition coefficient (Wildman–Crippen LogP) is 3.29. The molecule has 2 atom stereocenters. The van der Waals surface area contributed by atoms with Gasteiger partial charge in [0.05, 0.1) is 11.5 Å². The Labute approximate surface area is 184 Å². The van der Waals surface area contributed by atoms with Crippen molar-refractivity contribution >= 4 is 17.7 Å². The lowest BCUT2D eigenvalue weighted by Gasteiger charge is -2.35. The summed E-state index contributed by atoms with van der Waals surface area (Å²) >= 11 is 0. The van der Waals surface area contributed by atoms with E-state index in [9.17, 15) is 14.4 Å². The number of imide groups is 1. The Bertz CT molecular complexity index is 805. The molecule has 2 aliphatic heterocycles. The fraction of sp³-hybridized carbons (Fsp3) is 0.640. The summed E-state index contributed by atoms with van der Waals surface area (Å²) in [6.07, 6.45) is 7.70. The van der Waals surface area contributed by atoms with Crippen molar-refractivity contribution in [3.8, 4) is 0 Å². The third-order valence-electron chi connectivity index (χ3n) is 7.42. The number of hydrogen-bond acceptors (Lipinski definition) is 4. The van der Waals surface area contributed by atoms with E-state index in [1.165, 1.54) is 24.2 Å². The third kappa shape index (κ3) is 4.54. The highest BCUT2D eigenvalue weighted by atomic mass is 16.5. The molecule has 0 radical (unpaired) electrons. The lowest BCUT2D eigenvalue weighted by Crippen LogP contribution is -2.47. The van der Waals surface area contributed by atoms with Crippen LogP contribution in [0.5, 0.6) is 0 Å². The van der Waals surface area contributed by atoms with Gasteiger partial charge in [-0.1, -0.05) is 49.6 Å². The van der Waals surface area contributed by atoms with E-state index in [0.29, 0.717) is 25.6 Å². The summed E-state index contributed by atoms with van der Waals surface area (Å²) in [7, 11) is 1.67. The van der Waals surface area contributed by atoms with Crippen molar-refractivity contribution in [3.05, 3.63) is 35.9 Å². The number of ether oxygens (including phenoxy) is 1. The molecule has 0 aromatic heterocycles. The molecule has 1 aliphatic carbocycles. The van der Waals surface area contributed by atoms with E-state index in [1.807, 2.05) is 35.2 Å². The van der Waals surface area contributed by atoms with Gasteiger partial charge < -0.3 is 9.64 Å². The molecule has 0 N–H and O–H groups in total. The van der Waals surface area contributed by atoms with Crippen LogP contribution < -0.4 is 0 Å². The Kier molecular flexibility index (Phi) is 6.75. The number of hydrogen-bond donors (Lipinski definition) is 0. The van der Waals surface area contributed by atoms with E-state index in [-0.39, 0.29) is 36.7 Å². The van der Waals surface area contributed by atoms with E-state index in [1.54, 1.807) is 7.11 Å². The number of likely N-dealkylation sites (tertiary alicyclic amines) is 2. The summed E-state index contributed by atoms with van der Waals surface area (Å²) in [6.45, 7) is 1.72. The minimum absolute atomic E-state index is 0.0362. The highest BCUT2D eigenvalue weighted by Crippen LogP contribution is 2.41. The Morgan fingerprint density at radius 3 is 2.52 bits per heavy atom. The van der Waals surface area contributed by atoms with Crippen molar-refractivity contribution in [2.75, 3.05) is 26.7 Å². The number of methoxy groups -OCH3 is 1.